The van der Waals surface area contributed by atoms with Gasteiger partial charge in [-0.25, -0.2) is 14.8 Å². The highest BCUT2D eigenvalue weighted by molar-refractivity contribution is 5.98. The molecule has 8 nitrogen and oxygen atoms in total. The second-order valence-electron chi connectivity index (χ2n) is 6.69. The average Bonchev–Trinajstić information content (AvgIpc) is 3.17. The Labute approximate surface area is 170 Å². The van der Waals surface area contributed by atoms with Gasteiger partial charge >= 0.3 is 5.76 Å². The summed E-state index contributed by atoms with van der Waals surface area (Å²) in [5.41, 5.74) is 4.45. The van der Waals surface area contributed by atoms with Gasteiger partial charge < -0.3 is 14.5 Å². The van der Waals surface area contributed by atoms with E-state index in [1.807, 2.05) is 43.4 Å². The number of nitrogens with zero attached hydrogens (tertiary/aromatic N) is 3. The molecule has 2 aromatic carbocycles. The Morgan fingerprint density at radius 2 is 1.97 bits per heavy atom. The van der Waals surface area contributed by atoms with Gasteiger partial charge in [0.15, 0.2) is 11.4 Å². The predicted octanol–water partition coefficient (Wildman–Crippen LogP) is 3.84. The number of hydrogen-bond donors (Lipinski definition) is 2. The van der Waals surface area contributed by atoms with Gasteiger partial charge in [-0.05, 0) is 47.5 Å². The molecular weight excluding hydrogens is 382 g/mol. The smallest absolute Gasteiger partial charge is 0.417 e. The zero-order valence-corrected chi connectivity index (χ0v) is 16.3. The fourth-order valence-electron chi connectivity index (χ4n) is 3.47. The lowest BCUT2D eigenvalue weighted by molar-refractivity contribution is 0.419. The van der Waals surface area contributed by atoms with Crippen molar-refractivity contribution >= 4 is 27.8 Å². The normalized spacial score (nSPS) is 11.1. The van der Waals surface area contributed by atoms with Gasteiger partial charge in [0.25, 0.3) is 0 Å². The molecule has 2 N–H and O–H groups in total. The van der Waals surface area contributed by atoms with Gasteiger partial charge in [0.2, 0.25) is 0 Å². The quantitative estimate of drug-likeness (QED) is 0.473. The van der Waals surface area contributed by atoms with Crippen LogP contribution in [0.25, 0.3) is 44.5 Å². The van der Waals surface area contributed by atoms with E-state index in [0.717, 1.165) is 22.1 Å². The molecule has 0 unspecified atom stereocenters. The van der Waals surface area contributed by atoms with Crippen molar-refractivity contribution in [2.75, 3.05) is 19.5 Å². The Hall–Kier alpha value is -4.20. The Balaban J connectivity index is 1.74. The van der Waals surface area contributed by atoms with Crippen LogP contribution in [0.2, 0.25) is 0 Å². The highest BCUT2D eigenvalue weighted by Gasteiger charge is 2.15. The lowest BCUT2D eigenvalue weighted by Gasteiger charge is -2.13. The predicted molar refractivity (Wildman–Crippen MR) is 115 cm³/mol. The summed E-state index contributed by atoms with van der Waals surface area (Å²) in [4.78, 5) is 27.7. The maximum Gasteiger partial charge on any atom is 0.417 e. The molecule has 0 aliphatic rings. The topological polar surface area (TPSA) is 106 Å². The van der Waals surface area contributed by atoms with Crippen molar-refractivity contribution < 1.29 is 9.15 Å². The first kappa shape index (κ1) is 17.9. The number of methoxy groups -OCH3 is 1. The number of pyridine rings is 1. The number of aromatic amines is 1. The minimum Gasteiger partial charge on any atom is -0.494 e. The third kappa shape index (κ3) is 2.95. The summed E-state index contributed by atoms with van der Waals surface area (Å²) in [5, 5.41) is 3.97. The summed E-state index contributed by atoms with van der Waals surface area (Å²) in [7, 11) is 3.43. The fraction of sp³-hybridized carbons (Fsp3) is 0.0909. The van der Waals surface area contributed by atoms with Crippen molar-refractivity contribution in [3.8, 4) is 28.3 Å². The van der Waals surface area contributed by atoms with E-state index in [1.54, 1.807) is 25.6 Å². The maximum atomic E-state index is 11.5. The number of anilines is 1. The Kier molecular flexibility index (Phi) is 4.17. The fourth-order valence-corrected chi connectivity index (χ4v) is 3.47. The molecule has 0 saturated heterocycles. The number of fused-ring (bicyclic) bond motifs is 2. The molecule has 3 aromatic heterocycles. The van der Waals surface area contributed by atoms with Crippen LogP contribution in [0.1, 0.15) is 0 Å². The van der Waals surface area contributed by atoms with Gasteiger partial charge in [0.1, 0.15) is 17.1 Å². The van der Waals surface area contributed by atoms with Gasteiger partial charge in [0, 0.05) is 30.4 Å². The second-order valence-corrected chi connectivity index (χ2v) is 6.69. The van der Waals surface area contributed by atoms with Crippen molar-refractivity contribution in [1.82, 2.24) is 19.9 Å². The molecule has 0 bridgehead atoms. The molecule has 0 spiro atoms. The molecule has 0 aliphatic heterocycles. The summed E-state index contributed by atoms with van der Waals surface area (Å²) >= 11 is 0. The van der Waals surface area contributed by atoms with Crippen LogP contribution in [0, 0.1) is 0 Å². The number of aromatic nitrogens is 4. The third-order valence-electron chi connectivity index (χ3n) is 4.89. The lowest BCUT2D eigenvalue weighted by atomic mass is 10.0. The van der Waals surface area contributed by atoms with Crippen molar-refractivity contribution in [3.05, 3.63) is 65.4 Å². The molecular formula is C22H17N5O3. The van der Waals surface area contributed by atoms with Crippen molar-refractivity contribution in [3.63, 3.8) is 0 Å². The molecule has 3 heterocycles. The van der Waals surface area contributed by atoms with Gasteiger partial charge in [-0.3, -0.25) is 9.97 Å². The molecule has 8 heteroatoms. The number of nitrogens with one attached hydrogen (secondary N) is 2. The molecule has 0 aliphatic carbocycles. The van der Waals surface area contributed by atoms with E-state index < -0.39 is 5.76 Å². The number of benzene rings is 2. The van der Waals surface area contributed by atoms with E-state index in [1.165, 1.54) is 0 Å². The number of H-pyrrole nitrogens is 1. The van der Waals surface area contributed by atoms with E-state index in [9.17, 15) is 4.79 Å². The molecule has 0 saturated carbocycles. The Morgan fingerprint density at radius 1 is 1.07 bits per heavy atom. The van der Waals surface area contributed by atoms with Crippen LogP contribution in [0.15, 0.2) is 64.1 Å². The van der Waals surface area contributed by atoms with E-state index >= 15 is 0 Å². The first-order valence-electron chi connectivity index (χ1n) is 9.27. The van der Waals surface area contributed by atoms with Gasteiger partial charge in [-0.2, -0.15) is 0 Å². The van der Waals surface area contributed by atoms with Crippen LogP contribution in [-0.2, 0) is 0 Å². The minimum atomic E-state index is -0.480. The summed E-state index contributed by atoms with van der Waals surface area (Å²) < 4.78 is 10.8. The number of rotatable bonds is 4. The number of oxazole rings is 1. The first-order valence-corrected chi connectivity index (χ1v) is 9.27. The van der Waals surface area contributed by atoms with Crippen LogP contribution < -0.4 is 15.8 Å². The molecule has 148 valence electrons. The van der Waals surface area contributed by atoms with Crippen LogP contribution >= 0.6 is 0 Å². The Morgan fingerprint density at radius 3 is 2.73 bits per heavy atom. The van der Waals surface area contributed by atoms with Gasteiger partial charge in [-0.15, -0.1) is 0 Å². The van der Waals surface area contributed by atoms with E-state index in [0.29, 0.717) is 34.0 Å². The van der Waals surface area contributed by atoms with Gasteiger partial charge in [-0.1, -0.05) is 6.07 Å². The number of hydrogen-bond acceptors (Lipinski definition) is 7. The molecule has 5 rings (SSSR count). The average molecular weight is 399 g/mol. The highest BCUT2D eigenvalue weighted by atomic mass is 16.5. The van der Waals surface area contributed by atoms with Crippen molar-refractivity contribution in [1.29, 1.82) is 0 Å². The van der Waals surface area contributed by atoms with Crippen LogP contribution in [-0.4, -0.2) is 34.1 Å². The van der Waals surface area contributed by atoms with Crippen LogP contribution in [0.4, 0.5) is 5.82 Å². The Bertz CT molecular complexity index is 1440. The van der Waals surface area contributed by atoms with Crippen LogP contribution in [0.3, 0.4) is 0 Å². The zero-order chi connectivity index (χ0) is 20.7. The monoisotopic (exact) mass is 399 g/mol. The van der Waals surface area contributed by atoms with Gasteiger partial charge in [0.05, 0.1) is 12.6 Å². The molecule has 30 heavy (non-hydrogen) atoms. The minimum absolute atomic E-state index is 0.480. The standard InChI is InChI=1S/C22H17N5O3/c1-23-21-15-8-14(12-5-6-17-16(9-12)25-22(28)30-17)10-18(29-2)19(15)26-20(27-21)13-4-3-7-24-11-13/h3-11H,1-2H3,(H,25,28)(H,23,26,27). The molecule has 0 fully saturated rings. The highest BCUT2D eigenvalue weighted by Crippen LogP contribution is 2.36. The number of ether oxygens (including phenoxy) is 1. The van der Waals surface area contributed by atoms with E-state index in [2.05, 4.69) is 20.3 Å². The lowest BCUT2D eigenvalue weighted by Crippen LogP contribution is -2.01. The molecule has 0 atom stereocenters. The SMILES string of the molecule is CNc1nc(-c2cccnc2)nc2c(OC)cc(-c3ccc4oc(=O)[nH]c4c3)cc12. The summed E-state index contributed by atoms with van der Waals surface area (Å²) in [6.07, 6.45) is 3.43. The van der Waals surface area contributed by atoms with E-state index in [4.69, 9.17) is 14.1 Å². The first-order chi connectivity index (χ1) is 14.7. The largest absolute Gasteiger partial charge is 0.494 e. The summed E-state index contributed by atoms with van der Waals surface area (Å²) in [6.45, 7) is 0. The van der Waals surface area contributed by atoms with Crippen molar-refractivity contribution in [2.45, 2.75) is 0 Å². The second kappa shape index (κ2) is 7.00. The molecule has 0 radical (unpaired) electrons. The molecule has 0 amide bonds. The summed E-state index contributed by atoms with van der Waals surface area (Å²) in [5.74, 6) is 1.37. The van der Waals surface area contributed by atoms with Crippen LogP contribution in [0.5, 0.6) is 5.75 Å². The van der Waals surface area contributed by atoms with E-state index in [-0.39, 0.29) is 0 Å². The zero-order valence-electron chi connectivity index (χ0n) is 16.3. The molecule has 5 aromatic rings. The maximum absolute atomic E-state index is 11.5. The third-order valence-corrected chi connectivity index (χ3v) is 4.89. The summed E-state index contributed by atoms with van der Waals surface area (Å²) in [6, 6.07) is 13.2. The van der Waals surface area contributed by atoms with Crippen molar-refractivity contribution in [2.24, 2.45) is 0 Å².